The van der Waals surface area contributed by atoms with Crippen molar-refractivity contribution in [3.05, 3.63) is 152 Å². The molecule has 0 atom stereocenters. The quantitative estimate of drug-likeness (QED) is 0.161. The van der Waals surface area contributed by atoms with Crippen molar-refractivity contribution in [1.29, 1.82) is 0 Å². The van der Waals surface area contributed by atoms with Crippen LogP contribution in [-0.2, 0) is 0 Å². The van der Waals surface area contributed by atoms with Crippen LogP contribution < -0.4 is 5.46 Å². The van der Waals surface area contributed by atoms with E-state index in [9.17, 15) is 0 Å². The van der Waals surface area contributed by atoms with E-state index in [0.29, 0.717) is 0 Å². The standard InChI is InChI=1S/C40H27B/c41-34-20-17-28(18-21-34)31-19-22-37-38(25-31)40(33-16-14-27-8-2-4-10-30(27)24-33)36-12-6-5-11-35(36)39(37)32-15-13-26-7-1-3-9-29(26)23-32/h1-25H,41H2. The van der Waals surface area contributed by atoms with Crippen LogP contribution in [0.25, 0.3) is 76.5 Å². The lowest BCUT2D eigenvalue weighted by Crippen LogP contribution is -1.99. The Morgan fingerprint density at radius 2 is 0.732 bits per heavy atom. The largest absolute Gasteiger partial charge is 0.139 e. The first-order chi connectivity index (χ1) is 20.2. The Kier molecular flexibility index (Phi) is 5.50. The lowest BCUT2D eigenvalue weighted by molar-refractivity contribution is 1.65. The summed E-state index contributed by atoms with van der Waals surface area (Å²) in [5, 5.41) is 10.2. The van der Waals surface area contributed by atoms with E-state index in [1.807, 2.05) is 0 Å². The van der Waals surface area contributed by atoms with Gasteiger partial charge in [0.25, 0.3) is 0 Å². The average molecular weight is 518 g/mol. The van der Waals surface area contributed by atoms with Gasteiger partial charge in [-0.3, -0.25) is 0 Å². The van der Waals surface area contributed by atoms with Crippen molar-refractivity contribution in [2.45, 2.75) is 0 Å². The molecule has 0 fully saturated rings. The number of hydrogen-bond acceptors (Lipinski definition) is 0. The van der Waals surface area contributed by atoms with Crippen molar-refractivity contribution in [1.82, 2.24) is 0 Å². The molecule has 1 heteroatoms. The number of fused-ring (bicyclic) bond motifs is 4. The maximum Gasteiger partial charge on any atom is 0.139 e. The summed E-state index contributed by atoms with van der Waals surface area (Å²) in [4.78, 5) is 0. The highest BCUT2D eigenvalue weighted by Gasteiger charge is 2.18. The minimum absolute atomic E-state index is 1.24. The molecule has 8 aromatic carbocycles. The highest BCUT2D eigenvalue weighted by Crippen LogP contribution is 2.45. The molecule has 0 amide bonds. The molecule has 0 aliphatic rings. The molecule has 0 aliphatic carbocycles. The van der Waals surface area contributed by atoms with Gasteiger partial charge in [0.2, 0.25) is 0 Å². The predicted octanol–water partition coefficient (Wildman–Crippen LogP) is 9.56. The van der Waals surface area contributed by atoms with Gasteiger partial charge in [-0.25, -0.2) is 0 Å². The lowest BCUT2D eigenvalue weighted by Gasteiger charge is -2.19. The van der Waals surface area contributed by atoms with E-state index in [1.165, 1.54) is 81.9 Å². The minimum atomic E-state index is 1.24. The lowest BCUT2D eigenvalue weighted by atomic mass is 9.84. The zero-order chi connectivity index (χ0) is 27.3. The molecule has 0 aliphatic heterocycles. The molecule has 0 aromatic heterocycles. The first kappa shape index (κ1) is 23.7. The Labute approximate surface area is 240 Å². The molecular formula is C40H27B. The van der Waals surface area contributed by atoms with E-state index in [-0.39, 0.29) is 0 Å². The van der Waals surface area contributed by atoms with Gasteiger partial charge in [0, 0.05) is 0 Å². The van der Waals surface area contributed by atoms with Gasteiger partial charge in [-0.15, -0.1) is 0 Å². The number of benzene rings is 8. The zero-order valence-corrected chi connectivity index (χ0v) is 22.9. The van der Waals surface area contributed by atoms with Crippen LogP contribution in [0.1, 0.15) is 0 Å². The van der Waals surface area contributed by atoms with Crippen molar-refractivity contribution in [2.24, 2.45) is 0 Å². The zero-order valence-electron chi connectivity index (χ0n) is 22.9. The molecule has 0 spiro atoms. The maximum atomic E-state index is 2.40. The summed E-state index contributed by atoms with van der Waals surface area (Å²) in [6.45, 7) is 0. The third-order valence-corrected chi connectivity index (χ3v) is 8.49. The van der Waals surface area contributed by atoms with E-state index in [0.717, 1.165) is 0 Å². The normalized spacial score (nSPS) is 11.5. The van der Waals surface area contributed by atoms with Gasteiger partial charge in [-0.2, -0.15) is 0 Å². The van der Waals surface area contributed by atoms with E-state index >= 15 is 0 Å². The SMILES string of the molecule is Bc1ccc(-c2ccc3c(-c4ccc5ccccc5c4)c4ccccc4c(-c4ccc5ccccc5c4)c3c2)cc1. The molecule has 8 aromatic rings. The molecule has 0 saturated heterocycles. The summed E-state index contributed by atoms with van der Waals surface area (Å²) < 4.78 is 0. The second kappa shape index (κ2) is 9.50. The number of hydrogen-bond donors (Lipinski definition) is 0. The van der Waals surface area contributed by atoms with Crippen LogP contribution in [0.2, 0.25) is 0 Å². The second-order valence-corrected chi connectivity index (χ2v) is 11.0. The molecule has 190 valence electrons. The molecule has 41 heavy (non-hydrogen) atoms. The van der Waals surface area contributed by atoms with Crippen LogP contribution in [0.3, 0.4) is 0 Å². The first-order valence-corrected chi connectivity index (χ1v) is 14.3. The third-order valence-electron chi connectivity index (χ3n) is 8.49. The van der Waals surface area contributed by atoms with Gasteiger partial charge in [0.1, 0.15) is 7.85 Å². The van der Waals surface area contributed by atoms with E-state index in [4.69, 9.17) is 0 Å². The Balaban J connectivity index is 1.50. The Hall–Kier alpha value is -5.14. The molecule has 0 radical (unpaired) electrons. The van der Waals surface area contributed by atoms with E-state index < -0.39 is 0 Å². The van der Waals surface area contributed by atoms with Gasteiger partial charge in [-0.05, 0) is 94.7 Å². The highest BCUT2D eigenvalue weighted by molar-refractivity contribution is 6.32. The summed E-state index contributed by atoms with van der Waals surface area (Å²) in [5.41, 5.74) is 8.83. The van der Waals surface area contributed by atoms with Crippen molar-refractivity contribution < 1.29 is 0 Å². The Bertz CT molecular complexity index is 2260. The maximum absolute atomic E-state index is 2.40. The van der Waals surface area contributed by atoms with E-state index in [2.05, 4.69) is 160 Å². The van der Waals surface area contributed by atoms with E-state index in [1.54, 1.807) is 0 Å². The van der Waals surface area contributed by atoms with Crippen LogP contribution in [0, 0.1) is 0 Å². The Morgan fingerprint density at radius 3 is 1.32 bits per heavy atom. The molecule has 0 saturated carbocycles. The Morgan fingerprint density at radius 1 is 0.293 bits per heavy atom. The second-order valence-electron chi connectivity index (χ2n) is 11.0. The van der Waals surface area contributed by atoms with Crippen LogP contribution in [0.15, 0.2) is 152 Å². The summed E-state index contributed by atoms with van der Waals surface area (Å²) in [6, 6.07) is 55.9. The fourth-order valence-electron chi connectivity index (χ4n) is 6.42. The molecular weight excluding hydrogens is 491 g/mol. The summed E-state index contributed by atoms with van der Waals surface area (Å²) in [5.74, 6) is 0. The summed E-state index contributed by atoms with van der Waals surface area (Å²) in [6.07, 6.45) is 0. The molecule has 0 unspecified atom stereocenters. The van der Waals surface area contributed by atoms with Gasteiger partial charge in [0.05, 0.1) is 0 Å². The van der Waals surface area contributed by atoms with Crippen molar-refractivity contribution in [3.63, 3.8) is 0 Å². The topological polar surface area (TPSA) is 0 Å². The first-order valence-electron chi connectivity index (χ1n) is 14.3. The van der Waals surface area contributed by atoms with Crippen LogP contribution in [-0.4, -0.2) is 7.85 Å². The fraction of sp³-hybridized carbons (Fsp3) is 0. The molecule has 0 heterocycles. The van der Waals surface area contributed by atoms with Crippen molar-refractivity contribution >= 4 is 56.4 Å². The van der Waals surface area contributed by atoms with Gasteiger partial charge in [0.15, 0.2) is 0 Å². The fourth-order valence-corrected chi connectivity index (χ4v) is 6.42. The summed E-state index contributed by atoms with van der Waals surface area (Å²) >= 11 is 0. The summed E-state index contributed by atoms with van der Waals surface area (Å²) in [7, 11) is 2.14. The number of rotatable bonds is 3. The van der Waals surface area contributed by atoms with Gasteiger partial charge >= 0.3 is 0 Å². The predicted molar refractivity (Wildman–Crippen MR) is 181 cm³/mol. The average Bonchev–Trinajstić information content (AvgIpc) is 3.03. The van der Waals surface area contributed by atoms with Gasteiger partial charge < -0.3 is 0 Å². The van der Waals surface area contributed by atoms with Crippen LogP contribution in [0.5, 0.6) is 0 Å². The van der Waals surface area contributed by atoms with Crippen LogP contribution >= 0.6 is 0 Å². The molecule has 8 rings (SSSR count). The van der Waals surface area contributed by atoms with Crippen molar-refractivity contribution in [2.75, 3.05) is 0 Å². The smallest absolute Gasteiger partial charge is 0.0889 e. The molecule has 0 N–H and O–H groups in total. The molecule has 0 nitrogen and oxygen atoms in total. The highest BCUT2D eigenvalue weighted by atomic mass is 14.2. The third kappa shape index (κ3) is 4.01. The van der Waals surface area contributed by atoms with Crippen LogP contribution in [0.4, 0.5) is 0 Å². The monoisotopic (exact) mass is 518 g/mol. The minimum Gasteiger partial charge on any atom is -0.0889 e. The molecule has 0 bridgehead atoms. The van der Waals surface area contributed by atoms with Gasteiger partial charge in [-0.1, -0.05) is 139 Å². The van der Waals surface area contributed by atoms with Crippen molar-refractivity contribution in [3.8, 4) is 33.4 Å².